The maximum atomic E-state index is 11.4. The summed E-state index contributed by atoms with van der Waals surface area (Å²) >= 11 is 0. The Kier molecular flexibility index (Phi) is 8.62. The van der Waals surface area contributed by atoms with Gasteiger partial charge in [0.1, 0.15) is 0 Å². The van der Waals surface area contributed by atoms with Crippen LogP contribution in [0.5, 0.6) is 0 Å². The highest BCUT2D eigenvalue weighted by atomic mass is 35.5. The second kappa shape index (κ2) is 9.93. The van der Waals surface area contributed by atoms with Crippen LogP contribution in [0.2, 0.25) is 0 Å². The van der Waals surface area contributed by atoms with Crippen molar-refractivity contribution in [1.82, 2.24) is 25.1 Å². The second-order valence-electron chi connectivity index (χ2n) is 6.96. The van der Waals surface area contributed by atoms with E-state index in [1.54, 1.807) is 0 Å². The van der Waals surface area contributed by atoms with Crippen LogP contribution >= 0.6 is 12.4 Å². The maximum Gasteiger partial charge on any atom is 0.220 e. The van der Waals surface area contributed by atoms with Crippen LogP contribution in [0, 0.1) is 11.8 Å². The van der Waals surface area contributed by atoms with E-state index in [9.17, 15) is 4.79 Å². The van der Waals surface area contributed by atoms with Crippen LogP contribution in [0.3, 0.4) is 0 Å². The predicted molar refractivity (Wildman–Crippen MR) is 95.7 cm³/mol. The van der Waals surface area contributed by atoms with Gasteiger partial charge in [0.25, 0.3) is 0 Å². The van der Waals surface area contributed by atoms with Crippen LogP contribution in [0.15, 0.2) is 0 Å². The number of aryl methyl sites for hydroxylation is 1. The summed E-state index contributed by atoms with van der Waals surface area (Å²) in [4.78, 5) is 13.8. The van der Waals surface area contributed by atoms with Gasteiger partial charge in [-0.1, -0.05) is 27.2 Å². The Labute approximate surface area is 150 Å². The lowest BCUT2D eigenvalue weighted by atomic mass is 9.94. The minimum Gasteiger partial charge on any atom is -0.369 e. The Bertz CT molecular complexity index is 499. The third-order valence-electron chi connectivity index (χ3n) is 4.71. The van der Waals surface area contributed by atoms with Crippen LogP contribution in [-0.2, 0) is 11.3 Å². The molecule has 24 heavy (non-hydrogen) atoms. The number of piperidine rings is 1. The van der Waals surface area contributed by atoms with Gasteiger partial charge < -0.3 is 5.73 Å². The van der Waals surface area contributed by atoms with Crippen molar-refractivity contribution >= 4 is 18.3 Å². The minimum atomic E-state index is -0.168. The lowest BCUT2D eigenvalue weighted by Gasteiger charge is -2.36. The fraction of sp³-hybridized carbons (Fsp3) is 0.875. The monoisotopic (exact) mass is 358 g/mol. The number of hydrogen-bond donors (Lipinski definition) is 1. The number of hydrogen-bond acceptors (Lipinski definition) is 5. The van der Waals surface area contributed by atoms with Crippen molar-refractivity contribution in [3.05, 3.63) is 5.82 Å². The van der Waals surface area contributed by atoms with Crippen molar-refractivity contribution in [2.24, 2.45) is 17.6 Å². The van der Waals surface area contributed by atoms with Crippen LogP contribution in [-0.4, -0.2) is 44.1 Å². The van der Waals surface area contributed by atoms with E-state index in [0.29, 0.717) is 5.92 Å². The molecule has 2 heterocycles. The Morgan fingerprint density at radius 1 is 1.29 bits per heavy atom. The topological polar surface area (TPSA) is 89.9 Å². The van der Waals surface area contributed by atoms with Gasteiger partial charge in [-0.2, -0.15) is 0 Å². The SMILES string of the molecule is CCCC(c1nnnn1CCC(C)C)N1CCC(C(N)=O)CC1.Cl. The quantitative estimate of drug-likeness (QED) is 0.769. The molecule has 8 heteroatoms. The standard InChI is InChI=1S/C16H30N6O.ClH/c1-4-5-14(21-9-7-13(8-10-21)15(17)23)16-18-19-20-22(16)11-6-12(2)3;/h12-14H,4-11H2,1-3H3,(H2,17,23);1H. The number of carbonyl (C=O) groups is 1. The number of tetrazole rings is 1. The molecule has 1 aliphatic rings. The zero-order valence-corrected chi connectivity index (χ0v) is 15.8. The first-order valence-electron chi connectivity index (χ1n) is 8.82. The molecule has 1 aliphatic heterocycles. The first-order chi connectivity index (χ1) is 11.0. The average molecular weight is 359 g/mol. The molecule has 0 radical (unpaired) electrons. The smallest absolute Gasteiger partial charge is 0.220 e. The van der Waals surface area contributed by atoms with Gasteiger partial charge in [0, 0.05) is 12.5 Å². The summed E-state index contributed by atoms with van der Waals surface area (Å²) in [5.41, 5.74) is 5.44. The van der Waals surface area contributed by atoms with Crippen LogP contribution in [0.25, 0.3) is 0 Å². The van der Waals surface area contributed by atoms with E-state index in [1.807, 2.05) is 4.68 Å². The van der Waals surface area contributed by atoms with Crippen molar-refractivity contribution in [2.45, 2.75) is 65.5 Å². The molecule has 0 bridgehead atoms. The molecule has 0 aromatic carbocycles. The summed E-state index contributed by atoms with van der Waals surface area (Å²) in [6, 6.07) is 0.232. The van der Waals surface area contributed by atoms with Gasteiger partial charge in [-0.15, -0.1) is 17.5 Å². The van der Waals surface area contributed by atoms with Gasteiger partial charge in [0.15, 0.2) is 5.82 Å². The third kappa shape index (κ3) is 5.41. The summed E-state index contributed by atoms with van der Waals surface area (Å²) in [5.74, 6) is 1.44. The summed E-state index contributed by atoms with van der Waals surface area (Å²) in [6.07, 6.45) is 4.85. The largest absolute Gasteiger partial charge is 0.369 e. The highest BCUT2D eigenvalue weighted by molar-refractivity contribution is 5.85. The fourth-order valence-corrected chi connectivity index (χ4v) is 3.23. The van der Waals surface area contributed by atoms with Gasteiger partial charge in [-0.25, -0.2) is 4.68 Å². The molecule has 2 N–H and O–H groups in total. The van der Waals surface area contributed by atoms with Gasteiger partial charge >= 0.3 is 0 Å². The molecule has 2 rings (SSSR count). The number of primary amides is 1. The molecule has 1 unspecified atom stereocenters. The lowest BCUT2D eigenvalue weighted by Crippen LogP contribution is -2.41. The molecule has 138 valence electrons. The normalized spacial score (nSPS) is 17.7. The van der Waals surface area contributed by atoms with Crippen molar-refractivity contribution in [2.75, 3.05) is 13.1 Å². The highest BCUT2D eigenvalue weighted by Gasteiger charge is 2.30. The lowest BCUT2D eigenvalue weighted by molar-refractivity contribution is -0.123. The van der Waals surface area contributed by atoms with Crippen molar-refractivity contribution in [1.29, 1.82) is 0 Å². The van der Waals surface area contributed by atoms with Crippen LogP contribution in [0.1, 0.15) is 64.7 Å². The van der Waals surface area contributed by atoms with Crippen molar-refractivity contribution in [3.63, 3.8) is 0 Å². The van der Waals surface area contributed by atoms with E-state index in [2.05, 4.69) is 41.2 Å². The molecule has 1 atom stereocenters. The molecule has 1 amide bonds. The van der Waals surface area contributed by atoms with E-state index >= 15 is 0 Å². The number of aromatic nitrogens is 4. The first kappa shape index (κ1) is 20.8. The van der Waals surface area contributed by atoms with Crippen LogP contribution < -0.4 is 5.73 Å². The zero-order chi connectivity index (χ0) is 16.8. The van der Waals surface area contributed by atoms with Crippen molar-refractivity contribution < 1.29 is 4.79 Å². The van der Waals surface area contributed by atoms with Gasteiger partial charge in [0.05, 0.1) is 6.04 Å². The number of carbonyl (C=O) groups excluding carboxylic acids is 1. The van der Waals surface area contributed by atoms with Crippen molar-refractivity contribution in [3.8, 4) is 0 Å². The maximum absolute atomic E-state index is 11.4. The van der Waals surface area contributed by atoms with E-state index in [0.717, 1.165) is 57.6 Å². The minimum absolute atomic E-state index is 0. The Hall–Kier alpha value is -1.21. The number of amides is 1. The molecule has 7 nitrogen and oxygen atoms in total. The molecule has 0 aliphatic carbocycles. The summed E-state index contributed by atoms with van der Waals surface area (Å²) < 4.78 is 1.96. The molecule has 1 aromatic rings. The molecular weight excluding hydrogens is 328 g/mol. The van der Waals surface area contributed by atoms with Gasteiger partial charge in [-0.05, 0) is 55.1 Å². The van der Waals surface area contributed by atoms with Gasteiger partial charge in [-0.3, -0.25) is 9.69 Å². The predicted octanol–water partition coefficient (Wildman–Crippen LogP) is 2.18. The zero-order valence-electron chi connectivity index (χ0n) is 15.0. The molecule has 0 spiro atoms. The first-order valence-corrected chi connectivity index (χ1v) is 8.82. The third-order valence-corrected chi connectivity index (χ3v) is 4.71. The number of nitrogens with two attached hydrogens (primary N) is 1. The second-order valence-corrected chi connectivity index (χ2v) is 6.96. The van der Waals surface area contributed by atoms with E-state index < -0.39 is 0 Å². The summed E-state index contributed by atoms with van der Waals surface area (Å²) in [6.45, 7) is 9.23. The number of rotatable bonds is 8. The fourth-order valence-electron chi connectivity index (χ4n) is 3.23. The molecule has 1 saturated heterocycles. The number of halogens is 1. The number of likely N-dealkylation sites (tertiary alicyclic amines) is 1. The van der Waals surface area contributed by atoms with Gasteiger partial charge in [0.2, 0.25) is 5.91 Å². The van der Waals surface area contributed by atoms with E-state index in [1.165, 1.54) is 0 Å². The summed E-state index contributed by atoms with van der Waals surface area (Å²) in [7, 11) is 0. The molecule has 1 aromatic heterocycles. The average Bonchev–Trinajstić information content (AvgIpc) is 2.99. The number of nitrogens with zero attached hydrogens (tertiary/aromatic N) is 5. The highest BCUT2D eigenvalue weighted by Crippen LogP contribution is 2.29. The molecule has 1 fully saturated rings. The van der Waals surface area contributed by atoms with Crippen LogP contribution in [0.4, 0.5) is 0 Å². The Balaban J connectivity index is 0.00000288. The Morgan fingerprint density at radius 3 is 2.50 bits per heavy atom. The van der Waals surface area contributed by atoms with E-state index in [4.69, 9.17) is 5.73 Å². The summed E-state index contributed by atoms with van der Waals surface area (Å²) in [5, 5.41) is 12.4. The Morgan fingerprint density at radius 2 is 1.96 bits per heavy atom. The molecular formula is C16H31ClN6O. The van der Waals surface area contributed by atoms with E-state index in [-0.39, 0.29) is 30.3 Å². The molecule has 0 saturated carbocycles.